The maximum Gasteiger partial charge on any atom is 0.407 e. The van der Waals surface area contributed by atoms with Crippen LogP contribution >= 0.6 is 0 Å². The molecule has 1 aliphatic carbocycles. The standard InChI is InChI=1S/C14H23NO3/c1-5-6-7-11(16)14(8-9-14)10-15-12(17)18-13(2,3)4/h5H,1,6-10H2,2-4H3,(H,15,17). The van der Waals surface area contributed by atoms with Gasteiger partial charge in [0.2, 0.25) is 0 Å². The summed E-state index contributed by atoms with van der Waals surface area (Å²) in [5.74, 6) is 0.221. The van der Waals surface area contributed by atoms with Crippen LogP contribution in [0.2, 0.25) is 0 Å². The van der Waals surface area contributed by atoms with E-state index >= 15 is 0 Å². The maximum absolute atomic E-state index is 11.9. The fourth-order valence-corrected chi connectivity index (χ4v) is 1.76. The Morgan fingerprint density at radius 2 is 2.00 bits per heavy atom. The van der Waals surface area contributed by atoms with Crippen molar-refractivity contribution in [3.05, 3.63) is 12.7 Å². The third-order valence-electron chi connectivity index (χ3n) is 2.99. The molecule has 1 saturated carbocycles. The lowest BCUT2D eigenvalue weighted by Gasteiger charge is -2.21. The Bertz CT molecular complexity index is 337. The number of amides is 1. The highest BCUT2D eigenvalue weighted by atomic mass is 16.6. The molecule has 0 spiro atoms. The molecule has 4 heteroatoms. The molecule has 1 fully saturated rings. The van der Waals surface area contributed by atoms with Crippen LogP contribution in [0.15, 0.2) is 12.7 Å². The molecular formula is C14H23NO3. The van der Waals surface area contributed by atoms with E-state index in [9.17, 15) is 9.59 Å². The van der Waals surface area contributed by atoms with Crippen LogP contribution in [0.1, 0.15) is 46.5 Å². The largest absolute Gasteiger partial charge is 0.444 e. The summed E-state index contributed by atoms with van der Waals surface area (Å²) in [5.41, 5.74) is -0.840. The van der Waals surface area contributed by atoms with Crippen molar-refractivity contribution in [1.82, 2.24) is 5.32 Å². The second-order valence-corrected chi connectivity index (χ2v) is 5.89. The number of ketones is 1. The van der Waals surface area contributed by atoms with E-state index in [2.05, 4.69) is 11.9 Å². The second kappa shape index (κ2) is 5.55. The molecule has 0 radical (unpaired) electrons. The number of rotatable bonds is 6. The summed E-state index contributed by atoms with van der Waals surface area (Å²) in [5, 5.41) is 2.69. The zero-order chi connectivity index (χ0) is 13.8. The van der Waals surface area contributed by atoms with Crippen molar-refractivity contribution >= 4 is 11.9 Å². The lowest BCUT2D eigenvalue weighted by Crippen LogP contribution is -2.38. The van der Waals surface area contributed by atoms with Gasteiger partial charge in [0.1, 0.15) is 11.4 Å². The van der Waals surface area contributed by atoms with E-state index in [0.717, 1.165) is 12.8 Å². The number of hydrogen-bond donors (Lipinski definition) is 1. The van der Waals surface area contributed by atoms with E-state index in [0.29, 0.717) is 19.4 Å². The highest BCUT2D eigenvalue weighted by Crippen LogP contribution is 2.46. The Kier molecular flexibility index (Phi) is 4.54. The van der Waals surface area contributed by atoms with E-state index in [1.54, 1.807) is 6.08 Å². The van der Waals surface area contributed by atoms with Crippen LogP contribution in [-0.4, -0.2) is 24.0 Å². The number of hydrogen-bond acceptors (Lipinski definition) is 3. The van der Waals surface area contributed by atoms with E-state index < -0.39 is 11.7 Å². The average molecular weight is 253 g/mol. The lowest BCUT2D eigenvalue weighted by molar-refractivity contribution is -0.123. The molecule has 0 unspecified atom stereocenters. The SMILES string of the molecule is C=CCCC(=O)C1(CNC(=O)OC(C)(C)C)CC1. The molecule has 1 amide bonds. The molecule has 102 valence electrons. The van der Waals surface area contributed by atoms with Crippen molar-refractivity contribution in [2.75, 3.05) is 6.54 Å². The van der Waals surface area contributed by atoms with Crippen LogP contribution in [0.25, 0.3) is 0 Å². The van der Waals surface area contributed by atoms with Gasteiger partial charge in [-0.15, -0.1) is 6.58 Å². The average Bonchev–Trinajstić information content (AvgIpc) is 3.02. The Balaban J connectivity index is 2.36. The van der Waals surface area contributed by atoms with Gasteiger partial charge in [-0.25, -0.2) is 4.79 Å². The number of ether oxygens (including phenoxy) is 1. The normalized spacial score (nSPS) is 16.8. The summed E-state index contributed by atoms with van der Waals surface area (Å²) in [6.45, 7) is 9.44. The fourth-order valence-electron chi connectivity index (χ4n) is 1.76. The molecule has 1 aliphatic rings. The van der Waals surface area contributed by atoms with Crippen molar-refractivity contribution < 1.29 is 14.3 Å². The molecule has 0 saturated heterocycles. The third-order valence-corrected chi connectivity index (χ3v) is 2.99. The first-order valence-electron chi connectivity index (χ1n) is 6.40. The van der Waals surface area contributed by atoms with Crippen molar-refractivity contribution in [3.8, 4) is 0 Å². The second-order valence-electron chi connectivity index (χ2n) is 5.89. The molecule has 1 N–H and O–H groups in total. The van der Waals surface area contributed by atoms with Gasteiger partial charge in [-0.2, -0.15) is 0 Å². The number of carbonyl (C=O) groups excluding carboxylic acids is 2. The van der Waals surface area contributed by atoms with Crippen molar-refractivity contribution in [3.63, 3.8) is 0 Å². The first kappa shape index (κ1) is 14.7. The van der Waals surface area contributed by atoms with Gasteiger partial charge in [0.05, 0.1) is 0 Å². The van der Waals surface area contributed by atoms with Crippen molar-refractivity contribution in [2.45, 2.75) is 52.1 Å². The predicted molar refractivity (Wildman–Crippen MR) is 70.3 cm³/mol. The van der Waals surface area contributed by atoms with E-state index in [-0.39, 0.29) is 11.2 Å². The highest BCUT2D eigenvalue weighted by Gasteiger charge is 2.48. The first-order valence-corrected chi connectivity index (χ1v) is 6.40. The van der Waals surface area contributed by atoms with Gasteiger partial charge in [-0.05, 0) is 40.0 Å². The van der Waals surface area contributed by atoms with Crippen molar-refractivity contribution in [1.29, 1.82) is 0 Å². The Hall–Kier alpha value is -1.32. The first-order chi connectivity index (χ1) is 8.29. The number of alkyl carbamates (subject to hydrolysis) is 1. The van der Waals surface area contributed by atoms with Gasteiger partial charge in [0, 0.05) is 18.4 Å². The molecule has 0 aliphatic heterocycles. The summed E-state index contributed by atoms with van der Waals surface area (Å²) in [6, 6.07) is 0. The third kappa shape index (κ3) is 4.51. The van der Waals surface area contributed by atoms with E-state index in [1.165, 1.54) is 0 Å². The minimum Gasteiger partial charge on any atom is -0.444 e. The molecule has 0 aromatic rings. The summed E-state index contributed by atoms with van der Waals surface area (Å²) >= 11 is 0. The summed E-state index contributed by atoms with van der Waals surface area (Å²) in [6.07, 6.45) is 4.23. The minimum absolute atomic E-state index is 0.221. The number of nitrogens with one attached hydrogen (secondary N) is 1. The minimum atomic E-state index is -0.506. The van der Waals surface area contributed by atoms with Crippen LogP contribution in [0.5, 0.6) is 0 Å². The van der Waals surface area contributed by atoms with Crippen LogP contribution in [0, 0.1) is 5.41 Å². The maximum atomic E-state index is 11.9. The monoisotopic (exact) mass is 253 g/mol. The van der Waals surface area contributed by atoms with Gasteiger partial charge in [-0.3, -0.25) is 4.79 Å². The van der Waals surface area contributed by atoms with Gasteiger partial charge >= 0.3 is 6.09 Å². The molecule has 0 aromatic heterocycles. The summed E-state index contributed by atoms with van der Waals surface area (Å²) in [7, 11) is 0. The quantitative estimate of drug-likeness (QED) is 0.740. The summed E-state index contributed by atoms with van der Waals surface area (Å²) < 4.78 is 5.14. The van der Waals surface area contributed by atoms with Crippen molar-refractivity contribution in [2.24, 2.45) is 5.41 Å². The molecule has 18 heavy (non-hydrogen) atoms. The van der Waals surface area contributed by atoms with Crippen LogP contribution in [0.3, 0.4) is 0 Å². The van der Waals surface area contributed by atoms with Gasteiger partial charge in [-0.1, -0.05) is 6.08 Å². The van der Waals surface area contributed by atoms with E-state index in [1.807, 2.05) is 20.8 Å². The van der Waals surface area contributed by atoms with Crippen LogP contribution < -0.4 is 5.32 Å². The van der Waals surface area contributed by atoms with Crippen LogP contribution in [-0.2, 0) is 9.53 Å². The highest BCUT2D eigenvalue weighted by molar-refractivity contribution is 5.88. The number of carbonyl (C=O) groups is 2. The summed E-state index contributed by atoms with van der Waals surface area (Å²) in [4.78, 5) is 23.5. The van der Waals surface area contributed by atoms with Gasteiger partial charge < -0.3 is 10.1 Å². The lowest BCUT2D eigenvalue weighted by atomic mass is 9.97. The molecule has 0 bridgehead atoms. The van der Waals surface area contributed by atoms with E-state index in [4.69, 9.17) is 4.74 Å². The fraction of sp³-hybridized carbons (Fsp3) is 0.714. The molecule has 0 atom stereocenters. The van der Waals surface area contributed by atoms with Gasteiger partial charge in [0.25, 0.3) is 0 Å². The smallest absolute Gasteiger partial charge is 0.407 e. The molecule has 4 nitrogen and oxygen atoms in total. The molecule has 1 rings (SSSR count). The number of Topliss-reactive ketones (excluding diaryl/α,β-unsaturated/α-hetero) is 1. The predicted octanol–water partition coefficient (Wildman–Crippen LogP) is 2.83. The molecular weight excluding hydrogens is 230 g/mol. The van der Waals surface area contributed by atoms with Crippen LogP contribution in [0.4, 0.5) is 4.79 Å². The Morgan fingerprint density at radius 1 is 1.39 bits per heavy atom. The topological polar surface area (TPSA) is 55.4 Å². The zero-order valence-electron chi connectivity index (χ0n) is 11.5. The zero-order valence-corrected chi connectivity index (χ0v) is 11.5. The molecule has 0 aromatic carbocycles. The number of allylic oxidation sites excluding steroid dienone is 1. The van der Waals surface area contributed by atoms with Gasteiger partial charge in [0.15, 0.2) is 0 Å². The molecule has 0 heterocycles. The Labute approximate surface area is 109 Å². The Morgan fingerprint density at radius 3 is 2.44 bits per heavy atom.